The van der Waals surface area contributed by atoms with E-state index < -0.39 is 10.0 Å². The summed E-state index contributed by atoms with van der Waals surface area (Å²) in [6, 6.07) is 3.41. The zero-order chi connectivity index (χ0) is 15.3. The van der Waals surface area contributed by atoms with Crippen LogP contribution in [0, 0.1) is 0 Å². The Morgan fingerprint density at radius 2 is 2.19 bits per heavy atom. The van der Waals surface area contributed by atoms with Crippen LogP contribution in [0.1, 0.15) is 31.7 Å². The van der Waals surface area contributed by atoms with Crippen molar-refractivity contribution in [3.05, 3.63) is 23.9 Å². The number of nitrogens with zero attached hydrogens (tertiary/aromatic N) is 1. The van der Waals surface area contributed by atoms with Gasteiger partial charge in [0.2, 0.25) is 0 Å². The topological polar surface area (TPSA) is 71.1 Å². The van der Waals surface area contributed by atoms with E-state index >= 15 is 0 Å². The maximum atomic E-state index is 12.4. The fourth-order valence-electron chi connectivity index (χ4n) is 2.55. The molecule has 0 radical (unpaired) electrons. The van der Waals surface area contributed by atoms with Gasteiger partial charge in [0, 0.05) is 24.0 Å². The number of hydrogen-bond acceptors (Lipinski definition) is 5. The third kappa shape index (κ3) is 4.42. The number of hydrogen-bond donors (Lipinski definition) is 2. The first-order valence-corrected chi connectivity index (χ1v) is 10.0. The van der Waals surface area contributed by atoms with Crippen molar-refractivity contribution in [1.82, 2.24) is 15.0 Å². The van der Waals surface area contributed by atoms with Crippen LogP contribution in [0.25, 0.3) is 0 Å². The molecule has 1 aromatic rings. The standard InChI is InChI=1S/C14H23N3O2S2/c1-3-15-9-11-7-8-14(16-10-11)21(18,19)17-12-5-4-6-13(12)20-2/h7-8,10,12-13,15,17H,3-6,9H2,1-2H3. The number of aromatic nitrogens is 1. The van der Waals surface area contributed by atoms with E-state index in [0.29, 0.717) is 11.8 Å². The highest BCUT2D eigenvalue weighted by Crippen LogP contribution is 2.29. The lowest BCUT2D eigenvalue weighted by molar-refractivity contribution is 0.551. The van der Waals surface area contributed by atoms with Crippen molar-refractivity contribution in [3.63, 3.8) is 0 Å². The number of thioether (sulfide) groups is 1. The summed E-state index contributed by atoms with van der Waals surface area (Å²) in [5, 5.41) is 3.66. The molecule has 1 saturated carbocycles. The highest BCUT2D eigenvalue weighted by atomic mass is 32.2. The largest absolute Gasteiger partial charge is 0.313 e. The van der Waals surface area contributed by atoms with E-state index in [1.54, 1.807) is 24.0 Å². The summed E-state index contributed by atoms with van der Waals surface area (Å²) in [4.78, 5) is 4.10. The Morgan fingerprint density at radius 1 is 1.38 bits per heavy atom. The van der Waals surface area contributed by atoms with E-state index in [0.717, 1.165) is 31.4 Å². The zero-order valence-corrected chi connectivity index (χ0v) is 14.1. The highest BCUT2D eigenvalue weighted by molar-refractivity contribution is 7.99. The van der Waals surface area contributed by atoms with E-state index in [1.807, 2.05) is 19.2 Å². The Hall–Kier alpha value is -0.630. The predicted octanol–water partition coefficient (Wildman–Crippen LogP) is 1.75. The van der Waals surface area contributed by atoms with Crippen LogP contribution in [0.5, 0.6) is 0 Å². The van der Waals surface area contributed by atoms with Crippen molar-refractivity contribution >= 4 is 21.8 Å². The molecule has 5 nitrogen and oxygen atoms in total. The molecular formula is C14H23N3O2S2. The lowest BCUT2D eigenvalue weighted by atomic mass is 10.3. The Labute approximate surface area is 131 Å². The smallest absolute Gasteiger partial charge is 0.258 e. The Bertz CT molecular complexity index is 546. The summed E-state index contributed by atoms with van der Waals surface area (Å²) < 4.78 is 27.6. The van der Waals surface area contributed by atoms with Gasteiger partial charge >= 0.3 is 0 Å². The van der Waals surface area contributed by atoms with Crippen LogP contribution in [-0.2, 0) is 16.6 Å². The minimum Gasteiger partial charge on any atom is -0.313 e. The molecule has 1 aromatic heterocycles. The quantitative estimate of drug-likeness (QED) is 0.797. The van der Waals surface area contributed by atoms with Gasteiger partial charge in [0.25, 0.3) is 10.0 Å². The van der Waals surface area contributed by atoms with Crippen molar-refractivity contribution in [1.29, 1.82) is 0 Å². The Morgan fingerprint density at radius 3 is 2.81 bits per heavy atom. The van der Waals surface area contributed by atoms with E-state index in [2.05, 4.69) is 15.0 Å². The average molecular weight is 329 g/mol. The summed E-state index contributed by atoms with van der Waals surface area (Å²) in [5.74, 6) is 0. The van der Waals surface area contributed by atoms with Gasteiger partial charge in [0.1, 0.15) is 0 Å². The molecule has 0 amide bonds. The van der Waals surface area contributed by atoms with Crippen LogP contribution < -0.4 is 10.0 Å². The Balaban J connectivity index is 2.05. The predicted molar refractivity (Wildman–Crippen MR) is 86.9 cm³/mol. The molecule has 1 aliphatic rings. The molecule has 2 unspecified atom stereocenters. The molecule has 0 saturated heterocycles. The van der Waals surface area contributed by atoms with Crippen molar-refractivity contribution in [3.8, 4) is 0 Å². The van der Waals surface area contributed by atoms with Crippen LogP contribution >= 0.6 is 11.8 Å². The fourth-order valence-corrected chi connectivity index (χ4v) is 4.81. The second-order valence-electron chi connectivity index (χ2n) is 5.22. The normalized spacial score (nSPS) is 22.6. The van der Waals surface area contributed by atoms with Crippen molar-refractivity contribution in [2.24, 2.45) is 0 Å². The zero-order valence-electron chi connectivity index (χ0n) is 12.5. The fraction of sp³-hybridized carbons (Fsp3) is 0.643. The van der Waals surface area contributed by atoms with E-state index in [4.69, 9.17) is 0 Å². The van der Waals surface area contributed by atoms with E-state index in [9.17, 15) is 8.42 Å². The van der Waals surface area contributed by atoms with Gasteiger partial charge in [-0.1, -0.05) is 19.4 Å². The second kappa shape index (κ2) is 7.58. The third-order valence-electron chi connectivity index (χ3n) is 3.71. The van der Waals surface area contributed by atoms with E-state index in [1.165, 1.54) is 0 Å². The highest BCUT2D eigenvalue weighted by Gasteiger charge is 2.31. The van der Waals surface area contributed by atoms with Gasteiger partial charge in [0.15, 0.2) is 5.03 Å². The van der Waals surface area contributed by atoms with Gasteiger partial charge in [0.05, 0.1) is 0 Å². The number of pyridine rings is 1. The maximum absolute atomic E-state index is 12.4. The number of rotatable bonds is 7. The SMILES string of the molecule is CCNCc1ccc(S(=O)(=O)NC2CCCC2SC)nc1. The summed E-state index contributed by atoms with van der Waals surface area (Å²) in [7, 11) is -3.52. The summed E-state index contributed by atoms with van der Waals surface area (Å²) in [6.07, 6.45) is 6.71. The molecule has 1 fully saturated rings. The summed E-state index contributed by atoms with van der Waals surface area (Å²) >= 11 is 1.73. The monoisotopic (exact) mass is 329 g/mol. The minimum atomic E-state index is -3.52. The number of sulfonamides is 1. The molecule has 118 valence electrons. The van der Waals surface area contributed by atoms with Gasteiger partial charge < -0.3 is 5.32 Å². The molecule has 0 bridgehead atoms. The molecule has 2 rings (SSSR count). The molecule has 21 heavy (non-hydrogen) atoms. The molecule has 2 N–H and O–H groups in total. The molecule has 0 aromatic carbocycles. The van der Waals surface area contributed by atoms with Crippen LogP contribution in [0.4, 0.5) is 0 Å². The van der Waals surface area contributed by atoms with Gasteiger partial charge in [-0.2, -0.15) is 11.8 Å². The van der Waals surface area contributed by atoms with Gasteiger partial charge in [-0.3, -0.25) is 0 Å². The molecule has 1 aliphatic carbocycles. The van der Waals surface area contributed by atoms with Gasteiger partial charge in [-0.25, -0.2) is 18.1 Å². The van der Waals surface area contributed by atoms with Crippen LogP contribution in [0.2, 0.25) is 0 Å². The van der Waals surface area contributed by atoms with Crippen molar-refractivity contribution in [2.75, 3.05) is 12.8 Å². The first kappa shape index (κ1) is 16.7. The average Bonchev–Trinajstić information content (AvgIpc) is 2.92. The molecule has 7 heteroatoms. The summed E-state index contributed by atoms with van der Waals surface area (Å²) in [6.45, 7) is 3.60. The van der Waals surface area contributed by atoms with Crippen LogP contribution in [0.15, 0.2) is 23.4 Å². The van der Waals surface area contributed by atoms with Crippen LogP contribution in [-0.4, -0.2) is 37.5 Å². The molecule has 2 atom stereocenters. The summed E-state index contributed by atoms with van der Waals surface area (Å²) in [5.41, 5.74) is 0.985. The Kier molecular flexibility index (Phi) is 6.04. The molecular weight excluding hydrogens is 306 g/mol. The maximum Gasteiger partial charge on any atom is 0.258 e. The lowest BCUT2D eigenvalue weighted by Gasteiger charge is -2.18. The lowest BCUT2D eigenvalue weighted by Crippen LogP contribution is -2.38. The van der Waals surface area contributed by atoms with Gasteiger partial charge in [-0.15, -0.1) is 0 Å². The van der Waals surface area contributed by atoms with E-state index in [-0.39, 0.29) is 11.1 Å². The van der Waals surface area contributed by atoms with Crippen molar-refractivity contribution < 1.29 is 8.42 Å². The first-order chi connectivity index (χ1) is 10.1. The molecule has 0 spiro atoms. The number of nitrogens with one attached hydrogen (secondary N) is 2. The second-order valence-corrected chi connectivity index (χ2v) is 7.96. The van der Waals surface area contributed by atoms with Crippen LogP contribution in [0.3, 0.4) is 0 Å². The minimum absolute atomic E-state index is 0.0215. The third-order valence-corrected chi connectivity index (χ3v) is 6.29. The molecule has 1 heterocycles. The first-order valence-electron chi connectivity index (χ1n) is 7.27. The van der Waals surface area contributed by atoms with Gasteiger partial charge in [-0.05, 0) is 37.3 Å². The molecule has 0 aliphatic heterocycles. The van der Waals surface area contributed by atoms with Crippen molar-refractivity contribution in [2.45, 2.75) is 49.0 Å².